The Hall–Kier alpha value is -1.97. The van der Waals surface area contributed by atoms with E-state index in [0.717, 1.165) is 6.42 Å². The zero-order valence-electron chi connectivity index (χ0n) is 14.9. The van der Waals surface area contributed by atoms with Crippen LogP contribution in [-0.2, 0) is 0 Å². The summed E-state index contributed by atoms with van der Waals surface area (Å²) >= 11 is 5.63. The molecule has 2 atom stereocenters. The summed E-state index contributed by atoms with van der Waals surface area (Å²) in [5, 5.41) is 8.51. The molecule has 0 fully saturated rings. The first-order valence-corrected chi connectivity index (χ1v) is 9.43. The molecule has 2 aliphatic carbocycles. The van der Waals surface area contributed by atoms with E-state index in [1.54, 1.807) is 12.1 Å². The van der Waals surface area contributed by atoms with Gasteiger partial charge in [0, 0.05) is 5.92 Å². The van der Waals surface area contributed by atoms with Gasteiger partial charge in [0.15, 0.2) is 0 Å². The average molecular weight is 368 g/mol. The van der Waals surface area contributed by atoms with Crippen LogP contribution in [0.1, 0.15) is 37.2 Å². The Labute approximate surface area is 162 Å². The number of alkyl halides is 1. The Morgan fingerprint density at radius 2 is 1.46 bits per heavy atom. The molecule has 0 bridgehead atoms. The van der Waals surface area contributed by atoms with Gasteiger partial charge >= 0.3 is 7.69 Å². The molecule has 135 valence electrons. The lowest BCUT2D eigenvalue weighted by Crippen LogP contribution is -1.98. The summed E-state index contributed by atoms with van der Waals surface area (Å²) in [6, 6.07) is 19.8. The monoisotopic (exact) mass is 367 g/mol. The molecular formula is C22H25BClO2. The number of para-hydroxylation sites is 1. The van der Waals surface area contributed by atoms with E-state index in [1.807, 2.05) is 24.3 Å². The summed E-state index contributed by atoms with van der Waals surface area (Å²) < 4.78 is 4.64. The van der Waals surface area contributed by atoms with Gasteiger partial charge in [-0.05, 0) is 43.4 Å². The standard InChI is InChI=1S/C11H12.C6H6BO2.C5H7Cl/c1-2-6-10(7-3-1)11-8-4-5-9-11;8-7-9-6-4-2-1-3-5-6;6-5-3-1-2-4-5/h1-4,6-8,11H,5,9H2;1-5,8H;1,3,5H,2,4H2/t11-;;/m1../s1. The van der Waals surface area contributed by atoms with Crippen LogP contribution in [0, 0.1) is 0 Å². The number of allylic oxidation sites excluding steroid dienone is 4. The van der Waals surface area contributed by atoms with Crippen LogP contribution in [0.5, 0.6) is 5.75 Å². The minimum Gasteiger partial charge on any atom is -0.537 e. The lowest BCUT2D eigenvalue weighted by Gasteiger charge is -2.05. The molecule has 1 N–H and O–H groups in total. The first-order valence-electron chi connectivity index (χ1n) is 8.99. The zero-order chi connectivity index (χ0) is 18.5. The number of rotatable bonds is 3. The van der Waals surface area contributed by atoms with E-state index in [4.69, 9.17) is 16.6 Å². The third kappa shape index (κ3) is 7.94. The van der Waals surface area contributed by atoms with Gasteiger partial charge < -0.3 is 9.68 Å². The lowest BCUT2D eigenvalue weighted by atomic mass is 9.99. The van der Waals surface area contributed by atoms with Crippen LogP contribution in [-0.4, -0.2) is 18.1 Å². The van der Waals surface area contributed by atoms with E-state index in [2.05, 4.69) is 53.2 Å². The van der Waals surface area contributed by atoms with Crippen LogP contribution in [0.2, 0.25) is 0 Å². The molecule has 2 nitrogen and oxygen atoms in total. The van der Waals surface area contributed by atoms with Crippen molar-refractivity contribution in [3.05, 3.63) is 90.5 Å². The third-order valence-corrected chi connectivity index (χ3v) is 4.49. The minimum absolute atomic E-state index is 0.338. The third-order valence-electron chi connectivity index (χ3n) is 4.13. The topological polar surface area (TPSA) is 29.5 Å². The van der Waals surface area contributed by atoms with E-state index >= 15 is 0 Å². The van der Waals surface area contributed by atoms with Crippen LogP contribution < -0.4 is 4.65 Å². The van der Waals surface area contributed by atoms with Crippen LogP contribution in [0.3, 0.4) is 0 Å². The second-order valence-corrected chi connectivity index (χ2v) is 6.64. The van der Waals surface area contributed by atoms with E-state index in [1.165, 1.54) is 24.8 Å². The molecule has 0 aromatic heterocycles. The van der Waals surface area contributed by atoms with E-state index in [0.29, 0.717) is 24.7 Å². The Morgan fingerprint density at radius 3 is 1.92 bits per heavy atom. The van der Waals surface area contributed by atoms with Crippen LogP contribution in [0.25, 0.3) is 0 Å². The van der Waals surface area contributed by atoms with Gasteiger partial charge in [-0.15, -0.1) is 11.6 Å². The van der Waals surface area contributed by atoms with Crippen LogP contribution >= 0.6 is 11.6 Å². The second kappa shape index (κ2) is 12.4. The van der Waals surface area contributed by atoms with Crippen LogP contribution in [0.15, 0.2) is 85.0 Å². The highest BCUT2D eigenvalue weighted by atomic mass is 35.5. The summed E-state index contributed by atoms with van der Waals surface area (Å²) in [5.41, 5.74) is 1.46. The molecular weight excluding hydrogens is 343 g/mol. The SMILES string of the molecule is C1=C[C@@H](c2ccccc2)CC1.ClC1C=CCC1.O[B]Oc1ccccc1. The highest BCUT2D eigenvalue weighted by Gasteiger charge is 2.09. The van der Waals surface area contributed by atoms with Crippen molar-refractivity contribution in [3.8, 4) is 5.75 Å². The van der Waals surface area contributed by atoms with Crippen molar-refractivity contribution in [3.63, 3.8) is 0 Å². The van der Waals surface area contributed by atoms with Crippen molar-refractivity contribution in [2.24, 2.45) is 0 Å². The number of hydrogen-bond donors (Lipinski definition) is 1. The van der Waals surface area contributed by atoms with Crippen molar-refractivity contribution in [1.29, 1.82) is 0 Å². The molecule has 0 saturated carbocycles. The van der Waals surface area contributed by atoms with Gasteiger partial charge in [0.1, 0.15) is 0 Å². The highest BCUT2D eigenvalue weighted by molar-refractivity contribution is 6.21. The molecule has 0 amide bonds. The van der Waals surface area contributed by atoms with E-state index in [-0.39, 0.29) is 0 Å². The minimum atomic E-state index is 0.338. The first kappa shape index (κ1) is 20.3. The summed E-state index contributed by atoms with van der Waals surface area (Å²) in [6.45, 7) is 0. The molecule has 0 spiro atoms. The molecule has 0 saturated heterocycles. The fourth-order valence-corrected chi connectivity index (χ4v) is 2.99. The fourth-order valence-electron chi connectivity index (χ4n) is 2.77. The molecule has 2 aromatic rings. The van der Waals surface area contributed by atoms with Gasteiger partial charge in [-0.1, -0.05) is 72.8 Å². The smallest absolute Gasteiger partial charge is 0.537 e. The molecule has 4 rings (SSSR count). The van der Waals surface area contributed by atoms with Gasteiger partial charge in [-0.3, -0.25) is 0 Å². The molecule has 0 aliphatic heterocycles. The summed E-state index contributed by atoms with van der Waals surface area (Å²) in [5.74, 6) is 1.33. The quantitative estimate of drug-likeness (QED) is 0.431. The molecule has 2 aliphatic rings. The molecule has 26 heavy (non-hydrogen) atoms. The van der Waals surface area contributed by atoms with E-state index in [9.17, 15) is 0 Å². The molecule has 4 heteroatoms. The normalized spacial score (nSPS) is 19.8. The summed E-state index contributed by atoms with van der Waals surface area (Å²) in [7, 11) is 0.662. The molecule has 2 aromatic carbocycles. The first-order chi connectivity index (χ1) is 12.8. The highest BCUT2D eigenvalue weighted by Crippen LogP contribution is 2.27. The predicted molar refractivity (Wildman–Crippen MR) is 111 cm³/mol. The Balaban J connectivity index is 0.000000147. The van der Waals surface area contributed by atoms with Crippen molar-refractivity contribution in [2.75, 3.05) is 0 Å². The fraction of sp³-hybridized carbons (Fsp3) is 0.273. The van der Waals surface area contributed by atoms with Crippen molar-refractivity contribution in [1.82, 2.24) is 0 Å². The predicted octanol–water partition coefficient (Wildman–Crippen LogP) is 5.66. The van der Waals surface area contributed by atoms with Crippen molar-refractivity contribution >= 4 is 19.3 Å². The van der Waals surface area contributed by atoms with Crippen LogP contribution in [0.4, 0.5) is 0 Å². The van der Waals surface area contributed by atoms with Gasteiger partial charge in [-0.25, -0.2) is 0 Å². The van der Waals surface area contributed by atoms with Gasteiger partial charge in [-0.2, -0.15) is 0 Å². The summed E-state index contributed by atoms with van der Waals surface area (Å²) in [6.07, 6.45) is 13.6. The van der Waals surface area contributed by atoms with E-state index < -0.39 is 0 Å². The molecule has 1 unspecified atom stereocenters. The maximum absolute atomic E-state index is 8.17. The second-order valence-electron chi connectivity index (χ2n) is 6.08. The maximum atomic E-state index is 8.17. The number of benzene rings is 2. The molecule has 1 radical (unpaired) electrons. The maximum Gasteiger partial charge on any atom is 0.569 e. The Morgan fingerprint density at radius 1 is 0.846 bits per heavy atom. The number of hydrogen-bond acceptors (Lipinski definition) is 2. The zero-order valence-corrected chi connectivity index (χ0v) is 15.6. The number of halogens is 1. The van der Waals surface area contributed by atoms with Gasteiger partial charge in [0.2, 0.25) is 0 Å². The Kier molecular flexibility index (Phi) is 9.70. The average Bonchev–Trinajstić information content (AvgIpc) is 3.39. The van der Waals surface area contributed by atoms with Gasteiger partial charge in [0.25, 0.3) is 0 Å². The largest absolute Gasteiger partial charge is 0.569 e. The van der Waals surface area contributed by atoms with Crippen molar-refractivity contribution in [2.45, 2.75) is 37.0 Å². The lowest BCUT2D eigenvalue weighted by molar-refractivity contribution is 0.454. The van der Waals surface area contributed by atoms with Gasteiger partial charge in [0.05, 0.1) is 11.1 Å². The van der Waals surface area contributed by atoms with Crippen molar-refractivity contribution < 1.29 is 9.68 Å². The summed E-state index contributed by atoms with van der Waals surface area (Å²) in [4.78, 5) is 0. The Bertz CT molecular complexity index is 658. The molecule has 0 heterocycles.